The molecular formula is C17H11BrN4O2. The number of amides is 1. The average molecular weight is 383 g/mol. The van der Waals surface area contributed by atoms with Crippen LogP contribution < -0.4 is 5.32 Å². The molecule has 0 atom stereocenters. The summed E-state index contributed by atoms with van der Waals surface area (Å²) in [5.74, 6) is 0.643. The van der Waals surface area contributed by atoms with E-state index >= 15 is 0 Å². The number of carbonyl (C=O) groups is 1. The van der Waals surface area contributed by atoms with Crippen LogP contribution in [-0.4, -0.2) is 20.4 Å². The number of fused-ring (bicyclic) bond motifs is 1. The fraction of sp³-hybridized carbons (Fsp3) is 0. The maximum atomic E-state index is 12.3. The van der Waals surface area contributed by atoms with Crippen LogP contribution in [0, 0.1) is 0 Å². The molecule has 4 rings (SSSR count). The SMILES string of the molecule is O=C(Nc1ccc(-n2ccnc2)nc1)c1cc2cccc(Br)c2o1. The highest BCUT2D eigenvalue weighted by molar-refractivity contribution is 9.10. The van der Waals surface area contributed by atoms with Gasteiger partial charge in [0.2, 0.25) is 0 Å². The highest BCUT2D eigenvalue weighted by Gasteiger charge is 2.14. The zero-order valence-electron chi connectivity index (χ0n) is 12.3. The minimum atomic E-state index is -0.324. The summed E-state index contributed by atoms with van der Waals surface area (Å²) in [7, 11) is 0. The molecule has 0 radical (unpaired) electrons. The van der Waals surface area contributed by atoms with Crippen molar-refractivity contribution in [2.45, 2.75) is 0 Å². The van der Waals surface area contributed by atoms with E-state index in [1.165, 1.54) is 0 Å². The molecule has 0 unspecified atom stereocenters. The van der Waals surface area contributed by atoms with Crippen LogP contribution in [0.2, 0.25) is 0 Å². The summed E-state index contributed by atoms with van der Waals surface area (Å²) in [6, 6.07) is 10.9. The van der Waals surface area contributed by atoms with Gasteiger partial charge in [-0.2, -0.15) is 0 Å². The number of rotatable bonds is 3. The number of hydrogen-bond acceptors (Lipinski definition) is 4. The van der Waals surface area contributed by atoms with Crippen LogP contribution in [0.1, 0.15) is 10.6 Å². The van der Waals surface area contributed by atoms with E-state index in [-0.39, 0.29) is 11.7 Å². The van der Waals surface area contributed by atoms with E-state index in [0.29, 0.717) is 11.3 Å². The van der Waals surface area contributed by atoms with E-state index in [4.69, 9.17) is 4.42 Å². The monoisotopic (exact) mass is 382 g/mol. The summed E-state index contributed by atoms with van der Waals surface area (Å²) in [6.45, 7) is 0. The Labute approximate surface area is 145 Å². The normalized spacial score (nSPS) is 10.9. The first-order valence-electron chi connectivity index (χ1n) is 7.14. The highest BCUT2D eigenvalue weighted by atomic mass is 79.9. The number of nitrogens with zero attached hydrogens (tertiary/aromatic N) is 3. The van der Waals surface area contributed by atoms with Gasteiger partial charge in [-0.3, -0.25) is 9.36 Å². The molecule has 1 aromatic carbocycles. The van der Waals surface area contributed by atoms with Crippen molar-refractivity contribution in [2.24, 2.45) is 0 Å². The minimum Gasteiger partial charge on any atom is -0.450 e. The van der Waals surface area contributed by atoms with Gasteiger partial charge in [-0.05, 0) is 40.2 Å². The second-order valence-corrected chi connectivity index (χ2v) is 5.95. The number of carbonyl (C=O) groups excluding carboxylic acids is 1. The number of furan rings is 1. The van der Waals surface area contributed by atoms with Gasteiger partial charge in [-0.15, -0.1) is 0 Å². The molecular weight excluding hydrogens is 372 g/mol. The lowest BCUT2D eigenvalue weighted by atomic mass is 10.2. The number of halogens is 1. The number of para-hydroxylation sites is 1. The zero-order chi connectivity index (χ0) is 16.5. The predicted molar refractivity (Wildman–Crippen MR) is 93.2 cm³/mol. The van der Waals surface area contributed by atoms with Gasteiger partial charge < -0.3 is 9.73 Å². The molecule has 0 aliphatic rings. The highest BCUT2D eigenvalue weighted by Crippen LogP contribution is 2.27. The molecule has 0 aliphatic heterocycles. The fourth-order valence-electron chi connectivity index (χ4n) is 2.34. The molecule has 0 fully saturated rings. The number of nitrogens with one attached hydrogen (secondary N) is 1. The Balaban J connectivity index is 1.55. The van der Waals surface area contributed by atoms with Crippen LogP contribution in [0.3, 0.4) is 0 Å². The van der Waals surface area contributed by atoms with Gasteiger partial charge in [0, 0.05) is 17.8 Å². The zero-order valence-corrected chi connectivity index (χ0v) is 13.9. The summed E-state index contributed by atoms with van der Waals surface area (Å²) in [5, 5.41) is 3.64. The Morgan fingerprint density at radius 2 is 2.17 bits per heavy atom. The molecule has 3 aromatic heterocycles. The molecule has 0 aliphatic carbocycles. The Morgan fingerprint density at radius 1 is 1.25 bits per heavy atom. The largest absolute Gasteiger partial charge is 0.450 e. The molecule has 7 heteroatoms. The molecule has 0 saturated carbocycles. The van der Waals surface area contributed by atoms with Gasteiger partial charge >= 0.3 is 0 Å². The first-order valence-corrected chi connectivity index (χ1v) is 7.94. The molecule has 0 bridgehead atoms. The standard InChI is InChI=1S/C17H11BrN4O2/c18-13-3-1-2-11-8-14(24-16(11)13)17(23)21-12-4-5-15(20-9-12)22-7-6-19-10-22/h1-10H,(H,21,23). The van der Waals surface area contributed by atoms with Crippen LogP contribution >= 0.6 is 15.9 Å². The van der Waals surface area contributed by atoms with E-state index in [1.807, 2.05) is 18.2 Å². The smallest absolute Gasteiger partial charge is 0.291 e. The van der Waals surface area contributed by atoms with Crippen LogP contribution in [0.5, 0.6) is 0 Å². The molecule has 3 heterocycles. The van der Waals surface area contributed by atoms with Crippen molar-refractivity contribution in [3.8, 4) is 5.82 Å². The van der Waals surface area contributed by atoms with E-state index in [2.05, 4.69) is 31.2 Å². The maximum Gasteiger partial charge on any atom is 0.291 e. The maximum absolute atomic E-state index is 12.3. The summed E-state index contributed by atoms with van der Waals surface area (Å²) >= 11 is 3.41. The van der Waals surface area contributed by atoms with Gasteiger partial charge in [0.1, 0.15) is 17.7 Å². The molecule has 6 nitrogen and oxygen atoms in total. The summed E-state index contributed by atoms with van der Waals surface area (Å²) in [5.41, 5.74) is 1.24. The van der Waals surface area contributed by atoms with Gasteiger partial charge in [-0.25, -0.2) is 9.97 Å². The molecule has 4 aromatic rings. The lowest BCUT2D eigenvalue weighted by Gasteiger charge is -2.04. The van der Waals surface area contributed by atoms with Crippen molar-refractivity contribution < 1.29 is 9.21 Å². The van der Waals surface area contributed by atoms with Crippen LogP contribution in [0.25, 0.3) is 16.8 Å². The van der Waals surface area contributed by atoms with E-state index in [9.17, 15) is 4.79 Å². The van der Waals surface area contributed by atoms with Crippen molar-refractivity contribution in [3.63, 3.8) is 0 Å². The number of hydrogen-bond donors (Lipinski definition) is 1. The number of aromatic nitrogens is 3. The third kappa shape index (κ3) is 2.69. The predicted octanol–water partition coefficient (Wildman–Crippen LogP) is 4.03. The van der Waals surface area contributed by atoms with E-state index in [0.717, 1.165) is 15.7 Å². The molecule has 0 spiro atoms. The number of imidazole rings is 1. The van der Waals surface area contributed by atoms with Gasteiger partial charge in [0.05, 0.1) is 16.4 Å². The average Bonchev–Trinajstić information content (AvgIpc) is 3.26. The summed E-state index contributed by atoms with van der Waals surface area (Å²) < 4.78 is 8.21. The van der Waals surface area contributed by atoms with Crippen LogP contribution in [-0.2, 0) is 0 Å². The first kappa shape index (κ1) is 14.6. The molecule has 1 amide bonds. The Bertz CT molecular complexity index is 1010. The Hall–Kier alpha value is -2.93. The van der Waals surface area contributed by atoms with E-state index < -0.39 is 0 Å². The molecule has 118 valence electrons. The van der Waals surface area contributed by atoms with E-state index in [1.54, 1.807) is 47.7 Å². The Kier molecular flexibility index (Phi) is 3.62. The molecule has 0 saturated heterocycles. The first-order chi connectivity index (χ1) is 11.7. The second-order valence-electron chi connectivity index (χ2n) is 5.10. The second kappa shape index (κ2) is 5.93. The summed E-state index contributed by atoms with van der Waals surface area (Å²) in [4.78, 5) is 20.6. The van der Waals surface area contributed by atoms with Crippen molar-refractivity contribution in [1.29, 1.82) is 0 Å². The summed E-state index contributed by atoms with van der Waals surface area (Å²) in [6.07, 6.45) is 6.72. The molecule has 1 N–H and O–H groups in total. The van der Waals surface area contributed by atoms with Gasteiger partial charge in [0.25, 0.3) is 5.91 Å². The number of benzene rings is 1. The van der Waals surface area contributed by atoms with Crippen LogP contribution in [0.4, 0.5) is 5.69 Å². The number of pyridine rings is 1. The number of anilines is 1. The van der Waals surface area contributed by atoms with Crippen molar-refractivity contribution in [1.82, 2.24) is 14.5 Å². The molecule has 24 heavy (non-hydrogen) atoms. The third-order valence-corrected chi connectivity index (χ3v) is 4.12. The lowest BCUT2D eigenvalue weighted by Crippen LogP contribution is -2.11. The fourth-order valence-corrected chi connectivity index (χ4v) is 2.80. The lowest BCUT2D eigenvalue weighted by molar-refractivity contribution is 0.0998. The topological polar surface area (TPSA) is 73.0 Å². The third-order valence-electron chi connectivity index (χ3n) is 3.49. The van der Waals surface area contributed by atoms with Crippen molar-refractivity contribution in [3.05, 3.63) is 71.5 Å². The van der Waals surface area contributed by atoms with Crippen LogP contribution in [0.15, 0.2) is 70.2 Å². The van der Waals surface area contributed by atoms with Gasteiger partial charge in [0.15, 0.2) is 5.76 Å². The van der Waals surface area contributed by atoms with Gasteiger partial charge in [-0.1, -0.05) is 12.1 Å². The Morgan fingerprint density at radius 3 is 2.88 bits per heavy atom. The quantitative estimate of drug-likeness (QED) is 0.580. The van der Waals surface area contributed by atoms with Crippen molar-refractivity contribution in [2.75, 3.05) is 5.32 Å². The van der Waals surface area contributed by atoms with Crippen molar-refractivity contribution >= 4 is 38.5 Å². The minimum absolute atomic E-state index is 0.246.